The van der Waals surface area contributed by atoms with Crippen molar-refractivity contribution in [1.82, 2.24) is 10.2 Å². The van der Waals surface area contributed by atoms with E-state index in [-0.39, 0.29) is 6.61 Å². The Labute approximate surface area is 117 Å². The summed E-state index contributed by atoms with van der Waals surface area (Å²) < 4.78 is 16.7. The second-order valence-corrected chi connectivity index (χ2v) is 4.11. The Morgan fingerprint density at radius 1 is 1.15 bits per heavy atom. The Bertz CT molecular complexity index is 554. The zero-order valence-electron chi connectivity index (χ0n) is 11.8. The molecular weight excluding hydrogens is 258 g/mol. The Morgan fingerprint density at radius 3 is 2.60 bits per heavy atom. The van der Waals surface area contributed by atoms with Gasteiger partial charge in [-0.2, -0.15) is 0 Å². The van der Waals surface area contributed by atoms with E-state index in [9.17, 15) is 0 Å². The number of nitrogens with two attached hydrogens (primary N) is 1. The highest BCUT2D eigenvalue weighted by Gasteiger charge is 2.12. The predicted molar refractivity (Wildman–Crippen MR) is 73.5 cm³/mol. The van der Waals surface area contributed by atoms with Gasteiger partial charge >= 0.3 is 0 Å². The van der Waals surface area contributed by atoms with Gasteiger partial charge in [0.25, 0.3) is 5.89 Å². The van der Waals surface area contributed by atoms with Crippen LogP contribution in [-0.4, -0.2) is 16.8 Å². The molecule has 0 saturated heterocycles. The first-order valence-corrected chi connectivity index (χ1v) is 6.67. The maximum absolute atomic E-state index is 5.75. The lowest BCUT2D eigenvalue weighted by molar-refractivity contribution is 0.237. The van der Waals surface area contributed by atoms with Gasteiger partial charge in [-0.15, -0.1) is 10.2 Å². The number of aromatic nitrogens is 2. The summed E-state index contributed by atoms with van der Waals surface area (Å²) in [6.45, 7) is 5.01. The highest BCUT2D eigenvalue weighted by atomic mass is 16.5. The second-order valence-electron chi connectivity index (χ2n) is 4.11. The van der Waals surface area contributed by atoms with Gasteiger partial charge < -0.3 is 19.6 Å². The highest BCUT2D eigenvalue weighted by molar-refractivity contribution is 5.46. The topological polar surface area (TPSA) is 83.4 Å². The number of hydrogen-bond acceptors (Lipinski definition) is 6. The minimum Gasteiger partial charge on any atom is -0.490 e. The van der Waals surface area contributed by atoms with E-state index >= 15 is 0 Å². The van der Waals surface area contributed by atoms with Gasteiger partial charge in [0.1, 0.15) is 0 Å². The van der Waals surface area contributed by atoms with E-state index in [4.69, 9.17) is 19.6 Å². The molecule has 1 aromatic heterocycles. The lowest BCUT2D eigenvalue weighted by atomic mass is 10.2. The third kappa shape index (κ3) is 3.27. The fourth-order valence-electron chi connectivity index (χ4n) is 1.78. The van der Waals surface area contributed by atoms with Crippen molar-refractivity contribution < 1.29 is 13.9 Å². The standard InChI is InChI=1S/C14H19N3O3/c1-3-12-16-17-13(20-12)9-19-14-10(8-15)6-5-7-11(14)18-4-2/h5-7H,3-4,8-9,15H2,1-2H3. The SMILES string of the molecule is CCOc1cccc(CN)c1OCc1nnc(CC)o1. The van der Waals surface area contributed by atoms with E-state index in [1.165, 1.54) is 0 Å². The summed E-state index contributed by atoms with van der Waals surface area (Å²) in [5.74, 6) is 2.34. The zero-order valence-corrected chi connectivity index (χ0v) is 11.8. The van der Waals surface area contributed by atoms with Gasteiger partial charge in [0.05, 0.1) is 6.61 Å². The number of nitrogens with zero attached hydrogens (tertiary/aromatic N) is 2. The first-order chi connectivity index (χ1) is 9.78. The van der Waals surface area contributed by atoms with Crippen LogP contribution >= 0.6 is 0 Å². The Kier molecular flexibility index (Phi) is 4.95. The molecule has 6 nitrogen and oxygen atoms in total. The summed E-state index contributed by atoms with van der Waals surface area (Å²) in [5, 5.41) is 7.82. The molecule has 1 heterocycles. The van der Waals surface area contributed by atoms with E-state index in [2.05, 4.69) is 10.2 Å². The molecule has 2 N–H and O–H groups in total. The quantitative estimate of drug-likeness (QED) is 0.834. The van der Waals surface area contributed by atoms with Crippen molar-refractivity contribution in [3.8, 4) is 11.5 Å². The van der Waals surface area contributed by atoms with Crippen molar-refractivity contribution in [2.75, 3.05) is 6.61 Å². The molecule has 0 aliphatic carbocycles. The average Bonchev–Trinajstić information content (AvgIpc) is 2.94. The van der Waals surface area contributed by atoms with Gasteiger partial charge in [0.15, 0.2) is 18.1 Å². The van der Waals surface area contributed by atoms with Crippen molar-refractivity contribution in [1.29, 1.82) is 0 Å². The van der Waals surface area contributed by atoms with Crippen LogP contribution in [0.15, 0.2) is 22.6 Å². The van der Waals surface area contributed by atoms with Crippen LogP contribution in [0.4, 0.5) is 0 Å². The van der Waals surface area contributed by atoms with E-state index < -0.39 is 0 Å². The zero-order chi connectivity index (χ0) is 14.4. The van der Waals surface area contributed by atoms with Crippen molar-refractivity contribution in [3.63, 3.8) is 0 Å². The first-order valence-electron chi connectivity index (χ1n) is 6.67. The van der Waals surface area contributed by atoms with Gasteiger partial charge in [0.2, 0.25) is 5.89 Å². The number of benzene rings is 1. The van der Waals surface area contributed by atoms with Crippen molar-refractivity contribution in [3.05, 3.63) is 35.5 Å². The molecule has 108 valence electrons. The third-order valence-corrected chi connectivity index (χ3v) is 2.73. The van der Waals surface area contributed by atoms with E-state index in [1.54, 1.807) is 0 Å². The van der Waals surface area contributed by atoms with Crippen LogP contribution in [0.2, 0.25) is 0 Å². The Balaban J connectivity index is 2.14. The number of rotatable bonds is 7. The third-order valence-electron chi connectivity index (χ3n) is 2.73. The number of hydrogen-bond donors (Lipinski definition) is 1. The molecule has 0 unspecified atom stereocenters. The fourth-order valence-corrected chi connectivity index (χ4v) is 1.78. The molecule has 6 heteroatoms. The average molecular weight is 277 g/mol. The van der Waals surface area contributed by atoms with Crippen molar-refractivity contribution in [2.24, 2.45) is 5.73 Å². The molecule has 0 aliphatic rings. The molecule has 0 fully saturated rings. The lowest BCUT2D eigenvalue weighted by Gasteiger charge is -2.14. The second kappa shape index (κ2) is 6.91. The smallest absolute Gasteiger partial charge is 0.253 e. The Hall–Kier alpha value is -2.08. The lowest BCUT2D eigenvalue weighted by Crippen LogP contribution is -2.05. The summed E-state index contributed by atoms with van der Waals surface area (Å²) in [4.78, 5) is 0. The van der Waals surface area contributed by atoms with Crippen LogP contribution in [0.25, 0.3) is 0 Å². The van der Waals surface area contributed by atoms with Crippen molar-refractivity contribution >= 4 is 0 Å². The summed E-state index contributed by atoms with van der Waals surface area (Å²) in [5.41, 5.74) is 6.60. The van der Waals surface area contributed by atoms with E-state index in [0.29, 0.717) is 42.9 Å². The molecule has 0 bridgehead atoms. The monoisotopic (exact) mass is 277 g/mol. The predicted octanol–water partition coefficient (Wildman–Crippen LogP) is 2.07. The van der Waals surface area contributed by atoms with Gasteiger partial charge in [-0.1, -0.05) is 19.1 Å². The van der Waals surface area contributed by atoms with E-state index in [1.807, 2.05) is 32.0 Å². The van der Waals surface area contributed by atoms with Crippen molar-refractivity contribution in [2.45, 2.75) is 33.4 Å². The molecule has 0 radical (unpaired) electrons. The van der Waals surface area contributed by atoms with Crippen LogP contribution in [0.1, 0.15) is 31.2 Å². The highest BCUT2D eigenvalue weighted by Crippen LogP contribution is 2.31. The molecule has 0 amide bonds. The minimum atomic E-state index is 0.198. The van der Waals surface area contributed by atoms with Crippen LogP contribution in [0.5, 0.6) is 11.5 Å². The normalized spacial score (nSPS) is 10.6. The molecular formula is C14H19N3O3. The van der Waals surface area contributed by atoms with Gasteiger partial charge in [-0.25, -0.2) is 0 Å². The molecule has 20 heavy (non-hydrogen) atoms. The van der Waals surface area contributed by atoms with Crippen LogP contribution in [-0.2, 0) is 19.6 Å². The van der Waals surface area contributed by atoms with Gasteiger partial charge in [-0.3, -0.25) is 0 Å². The maximum atomic E-state index is 5.75. The number of para-hydroxylation sites is 1. The maximum Gasteiger partial charge on any atom is 0.253 e. The largest absolute Gasteiger partial charge is 0.490 e. The molecule has 2 aromatic rings. The molecule has 0 aliphatic heterocycles. The van der Waals surface area contributed by atoms with Crippen LogP contribution in [0, 0.1) is 0 Å². The Morgan fingerprint density at radius 2 is 1.95 bits per heavy atom. The van der Waals surface area contributed by atoms with Gasteiger partial charge in [-0.05, 0) is 13.0 Å². The van der Waals surface area contributed by atoms with Crippen LogP contribution < -0.4 is 15.2 Å². The molecule has 0 saturated carbocycles. The summed E-state index contributed by atoms with van der Waals surface area (Å²) >= 11 is 0. The summed E-state index contributed by atoms with van der Waals surface area (Å²) in [6, 6.07) is 5.65. The molecule has 1 aromatic carbocycles. The van der Waals surface area contributed by atoms with E-state index in [0.717, 1.165) is 5.56 Å². The molecule has 0 spiro atoms. The molecule has 2 rings (SSSR count). The number of ether oxygens (including phenoxy) is 2. The summed E-state index contributed by atoms with van der Waals surface area (Å²) in [6.07, 6.45) is 0.705. The van der Waals surface area contributed by atoms with Crippen LogP contribution in [0.3, 0.4) is 0 Å². The first kappa shape index (κ1) is 14.3. The molecule has 0 atom stereocenters. The summed E-state index contributed by atoms with van der Waals surface area (Å²) in [7, 11) is 0. The minimum absolute atomic E-state index is 0.198. The number of aryl methyl sites for hydroxylation is 1. The van der Waals surface area contributed by atoms with Gasteiger partial charge in [0, 0.05) is 18.5 Å². The fraction of sp³-hybridized carbons (Fsp3) is 0.429.